The van der Waals surface area contributed by atoms with Crippen LogP contribution in [0.3, 0.4) is 0 Å². The van der Waals surface area contributed by atoms with Gasteiger partial charge in [0, 0.05) is 11.8 Å². The van der Waals surface area contributed by atoms with Gasteiger partial charge >= 0.3 is 0 Å². The summed E-state index contributed by atoms with van der Waals surface area (Å²) < 4.78 is 0. The molecule has 0 fully saturated rings. The van der Waals surface area contributed by atoms with Crippen molar-refractivity contribution in [3.05, 3.63) is 23.9 Å². The van der Waals surface area contributed by atoms with Crippen LogP contribution < -0.4 is 0 Å². The molecule has 0 saturated carbocycles. The highest BCUT2D eigenvalue weighted by Crippen LogP contribution is 2.01. The predicted octanol–water partition coefficient (Wildman–Crippen LogP) is 1.63. The van der Waals surface area contributed by atoms with E-state index in [1.165, 1.54) is 12.3 Å². The van der Waals surface area contributed by atoms with E-state index in [1.54, 1.807) is 19.1 Å². The van der Waals surface area contributed by atoms with Crippen LogP contribution in [0, 0.1) is 11.3 Å². The van der Waals surface area contributed by atoms with Crippen molar-refractivity contribution in [2.75, 3.05) is 0 Å². The third kappa shape index (κ3) is 3.47. The zero-order valence-corrected chi connectivity index (χ0v) is 6.95. The lowest BCUT2D eigenvalue weighted by molar-refractivity contribution is -0.114. The molecule has 0 saturated heterocycles. The van der Waals surface area contributed by atoms with E-state index in [-0.39, 0.29) is 12.2 Å². The van der Waals surface area contributed by atoms with Crippen LogP contribution >= 0.6 is 0 Å². The summed E-state index contributed by atoms with van der Waals surface area (Å²) in [6.45, 7) is 4.97. The topological polar surface area (TPSA) is 53.2 Å². The Labute approximate surface area is 71.7 Å². The van der Waals surface area contributed by atoms with Crippen LogP contribution in [0.1, 0.15) is 13.3 Å². The summed E-state index contributed by atoms with van der Waals surface area (Å²) >= 11 is 0. The molecular formula is C9H10N2O. The lowest BCUT2D eigenvalue weighted by Gasteiger charge is -1.93. The molecular weight excluding hydrogens is 152 g/mol. The molecule has 3 nitrogen and oxygen atoms in total. The van der Waals surface area contributed by atoms with Gasteiger partial charge in [-0.1, -0.05) is 6.08 Å². The molecule has 0 amide bonds. The number of carbonyl (C=O) groups excluding carboxylic acids is 1. The molecule has 3 heteroatoms. The Hall–Kier alpha value is -1.69. The summed E-state index contributed by atoms with van der Waals surface area (Å²) in [5, 5.41) is 8.25. The SMILES string of the molecule is C=N/C=C\C(=C/C)C(=O)CC#N. The first kappa shape index (κ1) is 10.3. The minimum atomic E-state index is -0.195. The number of carbonyl (C=O) groups is 1. The van der Waals surface area contributed by atoms with Crippen molar-refractivity contribution in [2.24, 2.45) is 4.99 Å². The molecule has 0 atom stereocenters. The number of nitrogens with zero attached hydrogens (tertiary/aromatic N) is 2. The molecule has 0 unspecified atom stereocenters. The maximum absolute atomic E-state index is 11.1. The molecule has 62 valence electrons. The van der Waals surface area contributed by atoms with E-state index < -0.39 is 0 Å². The van der Waals surface area contributed by atoms with Crippen LogP contribution in [-0.2, 0) is 4.79 Å². The molecule has 0 aromatic rings. The molecule has 0 aliphatic carbocycles. The van der Waals surface area contributed by atoms with Crippen molar-refractivity contribution in [3.8, 4) is 6.07 Å². The monoisotopic (exact) mass is 162 g/mol. The van der Waals surface area contributed by atoms with Crippen LogP contribution in [-0.4, -0.2) is 12.5 Å². The first-order valence-electron chi connectivity index (χ1n) is 3.45. The standard InChI is InChI=1S/C9H10N2O/c1-3-8(5-7-11-2)9(12)4-6-10/h3,5,7H,2,4H2,1H3/b7-5-,8-3+. The second-order valence-electron chi connectivity index (χ2n) is 2.00. The molecule has 0 spiro atoms. The van der Waals surface area contributed by atoms with E-state index in [0.717, 1.165) is 0 Å². The smallest absolute Gasteiger partial charge is 0.176 e. The van der Waals surface area contributed by atoms with Gasteiger partial charge in [-0.3, -0.25) is 9.79 Å². The number of hydrogen-bond donors (Lipinski definition) is 0. The fourth-order valence-corrected chi connectivity index (χ4v) is 0.657. The lowest BCUT2D eigenvalue weighted by atomic mass is 10.1. The average Bonchev–Trinajstić information content (AvgIpc) is 2.06. The fourth-order valence-electron chi connectivity index (χ4n) is 0.657. The quantitative estimate of drug-likeness (QED) is 0.358. The summed E-state index contributed by atoms with van der Waals surface area (Å²) in [4.78, 5) is 14.5. The second-order valence-corrected chi connectivity index (χ2v) is 2.00. The van der Waals surface area contributed by atoms with Gasteiger partial charge in [-0.05, 0) is 19.7 Å². The van der Waals surface area contributed by atoms with Crippen molar-refractivity contribution >= 4 is 12.5 Å². The molecule has 12 heavy (non-hydrogen) atoms. The molecule has 0 aromatic carbocycles. The fraction of sp³-hybridized carbons (Fsp3) is 0.222. The van der Waals surface area contributed by atoms with Gasteiger partial charge in [-0.25, -0.2) is 0 Å². The summed E-state index contributed by atoms with van der Waals surface area (Å²) in [6, 6.07) is 1.79. The Balaban J connectivity index is 4.39. The number of aliphatic imine (C=N–C) groups is 1. The number of hydrogen-bond acceptors (Lipinski definition) is 3. The van der Waals surface area contributed by atoms with E-state index in [2.05, 4.69) is 11.7 Å². The Morgan fingerprint density at radius 1 is 1.75 bits per heavy atom. The van der Waals surface area contributed by atoms with Gasteiger partial charge in [0.1, 0.15) is 0 Å². The van der Waals surface area contributed by atoms with Crippen LogP contribution in [0.25, 0.3) is 0 Å². The first-order chi connectivity index (χ1) is 5.76. The highest BCUT2D eigenvalue weighted by atomic mass is 16.1. The van der Waals surface area contributed by atoms with Crippen molar-refractivity contribution in [1.29, 1.82) is 5.26 Å². The van der Waals surface area contributed by atoms with Gasteiger partial charge < -0.3 is 0 Å². The van der Waals surface area contributed by atoms with Crippen molar-refractivity contribution in [2.45, 2.75) is 13.3 Å². The zero-order valence-electron chi connectivity index (χ0n) is 6.95. The van der Waals surface area contributed by atoms with Crippen molar-refractivity contribution in [1.82, 2.24) is 0 Å². The molecule has 0 radical (unpaired) electrons. The maximum atomic E-state index is 11.1. The number of Topliss-reactive ketones (excluding diaryl/α,β-unsaturated/α-hetero) is 1. The molecule has 0 N–H and O–H groups in total. The minimum Gasteiger partial charge on any atom is -0.293 e. The van der Waals surface area contributed by atoms with Crippen molar-refractivity contribution in [3.63, 3.8) is 0 Å². The average molecular weight is 162 g/mol. The molecule has 0 bridgehead atoms. The molecule has 0 aliphatic heterocycles. The zero-order chi connectivity index (χ0) is 9.40. The summed E-state index contributed by atoms with van der Waals surface area (Å²) in [7, 11) is 0. The normalized spacial score (nSPS) is 11.2. The largest absolute Gasteiger partial charge is 0.293 e. The summed E-state index contributed by atoms with van der Waals surface area (Å²) in [5.41, 5.74) is 0.490. The summed E-state index contributed by atoms with van der Waals surface area (Å²) in [6.07, 6.45) is 4.50. The highest BCUT2D eigenvalue weighted by Gasteiger charge is 2.03. The van der Waals surface area contributed by atoms with Crippen LogP contribution in [0.2, 0.25) is 0 Å². The Morgan fingerprint density at radius 3 is 2.83 bits per heavy atom. The summed E-state index contributed by atoms with van der Waals surface area (Å²) in [5.74, 6) is -0.195. The van der Waals surface area contributed by atoms with E-state index in [0.29, 0.717) is 5.57 Å². The van der Waals surface area contributed by atoms with Crippen LogP contribution in [0.4, 0.5) is 0 Å². The van der Waals surface area contributed by atoms with E-state index >= 15 is 0 Å². The Kier molecular flexibility index (Phi) is 5.20. The van der Waals surface area contributed by atoms with Crippen LogP contribution in [0.15, 0.2) is 28.9 Å². The first-order valence-corrected chi connectivity index (χ1v) is 3.45. The van der Waals surface area contributed by atoms with E-state index in [4.69, 9.17) is 5.26 Å². The lowest BCUT2D eigenvalue weighted by Crippen LogP contribution is -1.97. The van der Waals surface area contributed by atoms with Gasteiger partial charge in [0.2, 0.25) is 0 Å². The number of rotatable bonds is 4. The van der Waals surface area contributed by atoms with E-state index in [1.807, 2.05) is 0 Å². The van der Waals surface area contributed by atoms with Gasteiger partial charge in [-0.15, -0.1) is 0 Å². The van der Waals surface area contributed by atoms with E-state index in [9.17, 15) is 4.79 Å². The van der Waals surface area contributed by atoms with Crippen LogP contribution in [0.5, 0.6) is 0 Å². The predicted molar refractivity (Wildman–Crippen MR) is 47.7 cm³/mol. The molecule has 0 rings (SSSR count). The third-order valence-corrected chi connectivity index (χ3v) is 1.23. The second kappa shape index (κ2) is 6.05. The van der Waals surface area contributed by atoms with Gasteiger partial charge in [0.05, 0.1) is 12.5 Å². The molecule has 0 aromatic heterocycles. The van der Waals surface area contributed by atoms with Gasteiger partial charge in [0.25, 0.3) is 0 Å². The molecule has 0 heterocycles. The maximum Gasteiger partial charge on any atom is 0.176 e. The number of nitriles is 1. The number of ketones is 1. The number of allylic oxidation sites excluding steroid dienone is 3. The highest BCUT2D eigenvalue weighted by molar-refractivity contribution is 5.99. The minimum absolute atomic E-state index is 0.0961. The molecule has 0 aliphatic rings. The van der Waals surface area contributed by atoms with Gasteiger partial charge in [-0.2, -0.15) is 5.26 Å². The van der Waals surface area contributed by atoms with Crippen molar-refractivity contribution < 1.29 is 4.79 Å². The Bertz CT molecular complexity index is 269. The Morgan fingerprint density at radius 2 is 2.42 bits per heavy atom. The third-order valence-electron chi connectivity index (χ3n) is 1.23. The van der Waals surface area contributed by atoms with Gasteiger partial charge in [0.15, 0.2) is 5.78 Å².